The molecule has 0 aliphatic heterocycles. The third kappa shape index (κ3) is 5.59. The first-order valence-electron chi connectivity index (χ1n) is 7.59. The van der Waals surface area contributed by atoms with E-state index >= 15 is 0 Å². The van der Waals surface area contributed by atoms with E-state index in [9.17, 15) is 14.4 Å². The summed E-state index contributed by atoms with van der Waals surface area (Å²) in [5, 5.41) is 10.6. The van der Waals surface area contributed by atoms with Crippen molar-refractivity contribution in [3.63, 3.8) is 0 Å². The SMILES string of the molecule is CCOC(=O)Cc1nnc(SCC(=O)Nc2cccc(Cl)c2Cl)n(N)c1=O. The van der Waals surface area contributed by atoms with Gasteiger partial charge in [0.1, 0.15) is 5.69 Å². The van der Waals surface area contributed by atoms with E-state index in [1.807, 2.05) is 0 Å². The van der Waals surface area contributed by atoms with Crippen LogP contribution in [-0.2, 0) is 20.7 Å². The maximum atomic E-state index is 12.1. The molecule has 2 rings (SSSR count). The minimum Gasteiger partial charge on any atom is -0.466 e. The molecule has 2 aromatic rings. The Kier molecular flexibility index (Phi) is 7.45. The Morgan fingerprint density at radius 3 is 2.78 bits per heavy atom. The van der Waals surface area contributed by atoms with E-state index in [1.54, 1.807) is 25.1 Å². The first kappa shape index (κ1) is 21.0. The molecule has 1 amide bonds. The van der Waals surface area contributed by atoms with Crippen LogP contribution in [0, 0.1) is 0 Å². The van der Waals surface area contributed by atoms with Crippen LogP contribution in [-0.4, -0.2) is 39.1 Å². The first-order valence-corrected chi connectivity index (χ1v) is 9.33. The number of nitrogens with one attached hydrogen (secondary N) is 1. The van der Waals surface area contributed by atoms with Gasteiger partial charge in [-0.3, -0.25) is 14.4 Å². The lowest BCUT2D eigenvalue weighted by molar-refractivity contribution is -0.142. The Bertz CT molecular complexity index is 922. The Labute approximate surface area is 168 Å². The fourth-order valence-corrected chi connectivity index (χ4v) is 2.90. The van der Waals surface area contributed by atoms with Gasteiger partial charge < -0.3 is 15.9 Å². The van der Waals surface area contributed by atoms with Crippen molar-refractivity contribution in [3.8, 4) is 0 Å². The standard InChI is InChI=1S/C15H15Cl2N5O4S/c1-2-26-12(24)6-10-14(25)22(18)15(21-20-10)27-7-11(23)19-9-5-3-4-8(16)13(9)17/h3-5H,2,6-7,18H2,1H3,(H,19,23). The van der Waals surface area contributed by atoms with Crippen LogP contribution in [0.5, 0.6) is 0 Å². The number of hydrogen-bond acceptors (Lipinski definition) is 8. The highest BCUT2D eigenvalue weighted by Crippen LogP contribution is 2.29. The smallest absolute Gasteiger partial charge is 0.312 e. The second-order valence-electron chi connectivity index (χ2n) is 5.02. The van der Waals surface area contributed by atoms with Gasteiger partial charge in [0, 0.05) is 0 Å². The highest BCUT2D eigenvalue weighted by Gasteiger charge is 2.16. The number of nitrogens with two attached hydrogens (primary N) is 1. The summed E-state index contributed by atoms with van der Waals surface area (Å²) in [6.07, 6.45) is -0.338. The molecule has 0 aliphatic rings. The van der Waals surface area contributed by atoms with Crippen LogP contribution in [0.3, 0.4) is 0 Å². The van der Waals surface area contributed by atoms with Crippen molar-refractivity contribution < 1.29 is 14.3 Å². The minimum atomic E-state index is -0.696. The highest BCUT2D eigenvalue weighted by atomic mass is 35.5. The number of aromatic nitrogens is 3. The molecule has 12 heteroatoms. The van der Waals surface area contributed by atoms with Gasteiger partial charge in [-0.15, -0.1) is 10.2 Å². The lowest BCUT2D eigenvalue weighted by Crippen LogP contribution is -2.35. The van der Waals surface area contributed by atoms with E-state index in [2.05, 4.69) is 15.5 Å². The van der Waals surface area contributed by atoms with Gasteiger partial charge in [0.25, 0.3) is 5.56 Å². The number of rotatable bonds is 7. The fourth-order valence-electron chi connectivity index (χ4n) is 1.89. The molecule has 0 radical (unpaired) electrons. The number of nitrogens with zero attached hydrogens (tertiary/aromatic N) is 3. The molecule has 1 heterocycles. The van der Waals surface area contributed by atoms with Crippen molar-refractivity contribution in [3.05, 3.63) is 44.3 Å². The van der Waals surface area contributed by atoms with Crippen LogP contribution in [0.4, 0.5) is 5.69 Å². The second kappa shape index (κ2) is 9.58. The molecule has 1 aromatic heterocycles. The molecule has 0 aliphatic carbocycles. The summed E-state index contributed by atoms with van der Waals surface area (Å²) in [6.45, 7) is 1.83. The monoisotopic (exact) mass is 431 g/mol. The van der Waals surface area contributed by atoms with E-state index in [0.717, 1.165) is 16.4 Å². The largest absolute Gasteiger partial charge is 0.466 e. The van der Waals surface area contributed by atoms with Gasteiger partial charge in [0.05, 0.1) is 34.5 Å². The number of carbonyl (C=O) groups is 2. The van der Waals surface area contributed by atoms with E-state index in [1.165, 1.54) is 0 Å². The summed E-state index contributed by atoms with van der Waals surface area (Å²) in [6, 6.07) is 4.83. The minimum absolute atomic E-state index is 0.0138. The van der Waals surface area contributed by atoms with Gasteiger partial charge in [-0.2, -0.15) is 4.68 Å². The average Bonchev–Trinajstić information content (AvgIpc) is 2.62. The number of halogens is 2. The Morgan fingerprint density at radius 2 is 2.07 bits per heavy atom. The quantitative estimate of drug-likeness (QED) is 0.383. The molecule has 3 N–H and O–H groups in total. The van der Waals surface area contributed by atoms with Crippen molar-refractivity contribution in [1.82, 2.24) is 14.9 Å². The van der Waals surface area contributed by atoms with E-state index in [-0.39, 0.29) is 34.7 Å². The average molecular weight is 432 g/mol. The molecule has 0 saturated heterocycles. The lowest BCUT2D eigenvalue weighted by Gasteiger charge is -2.09. The molecule has 9 nitrogen and oxygen atoms in total. The zero-order valence-corrected chi connectivity index (χ0v) is 16.4. The highest BCUT2D eigenvalue weighted by molar-refractivity contribution is 7.99. The molecule has 1 aromatic carbocycles. The summed E-state index contributed by atoms with van der Waals surface area (Å²) < 4.78 is 5.48. The predicted molar refractivity (Wildman–Crippen MR) is 103 cm³/mol. The number of benzene rings is 1. The van der Waals surface area contributed by atoms with Crippen LogP contribution >= 0.6 is 35.0 Å². The molecule has 0 bridgehead atoms. The van der Waals surface area contributed by atoms with Crippen molar-refractivity contribution in [2.45, 2.75) is 18.5 Å². The number of thioether (sulfide) groups is 1. The Morgan fingerprint density at radius 1 is 1.33 bits per heavy atom. The molecule has 0 fully saturated rings. The van der Waals surface area contributed by atoms with E-state index < -0.39 is 17.4 Å². The summed E-state index contributed by atoms with van der Waals surface area (Å²) in [7, 11) is 0. The summed E-state index contributed by atoms with van der Waals surface area (Å²) in [5.41, 5.74) is -0.481. The number of hydrogen-bond donors (Lipinski definition) is 2. The number of esters is 1. The van der Waals surface area contributed by atoms with Gasteiger partial charge in [-0.25, -0.2) is 0 Å². The third-order valence-corrected chi connectivity index (χ3v) is 4.87. The summed E-state index contributed by atoms with van der Waals surface area (Å²) >= 11 is 12.8. The lowest BCUT2D eigenvalue weighted by atomic mass is 10.3. The third-order valence-electron chi connectivity index (χ3n) is 3.10. The van der Waals surface area contributed by atoms with E-state index in [4.69, 9.17) is 33.8 Å². The number of nitrogen functional groups attached to an aromatic ring is 1. The number of amides is 1. The van der Waals surface area contributed by atoms with Crippen molar-refractivity contribution in [2.24, 2.45) is 0 Å². The fraction of sp³-hybridized carbons (Fsp3) is 0.267. The van der Waals surface area contributed by atoms with Crippen molar-refractivity contribution >= 4 is 52.5 Å². The van der Waals surface area contributed by atoms with Crippen molar-refractivity contribution in [2.75, 3.05) is 23.5 Å². The van der Waals surface area contributed by atoms with Crippen LogP contribution in [0.1, 0.15) is 12.6 Å². The zero-order chi connectivity index (χ0) is 20.0. The number of anilines is 1. The van der Waals surface area contributed by atoms with Crippen LogP contribution in [0.25, 0.3) is 0 Å². The molecule has 0 atom stereocenters. The normalized spacial score (nSPS) is 10.5. The van der Waals surface area contributed by atoms with Gasteiger partial charge >= 0.3 is 5.97 Å². The molecule has 0 saturated carbocycles. The Balaban J connectivity index is 2.02. The van der Waals surface area contributed by atoms with Crippen LogP contribution in [0.15, 0.2) is 28.2 Å². The van der Waals surface area contributed by atoms with E-state index in [0.29, 0.717) is 10.7 Å². The van der Waals surface area contributed by atoms with Gasteiger partial charge in [0.2, 0.25) is 11.1 Å². The van der Waals surface area contributed by atoms with Crippen molar-refractivity contribution in [1.29, 1.82) is 0 Å². The summed E-state index contributed by atoms with van der Waals surface area (Å²) in [5.74, 6) is 4.55. The predicted octanol–water partition coefficient (Wildman–Crippen LogP) is 1.50. The second-order valence-corrected chi connectivity index (χ2v) is 6.75. The number of carbonyl (C=O) groups excluding carboxylic acids is 2. The molecule has 144 valence electrons. The number of ether oxygens (including phenoxy) is 1. The van der Waals surface area contributed by atoms with Gasteiger partial charge in [0.15, 0.2) is 0 Å². The Hall–Kier alpha value is -2.30. The maximum absolute atomic E-state index is 12.1. The molecular weight excluding hydrogens is 417 g/mol. The first-order chi connectivity index (χ1) is 12.8. The molecular formula is C15H15Cl2N5O4S. The maximum Gasteiger partial charge on any atom is 0.312 e. The molecule has 27 heavy (non-hydrogen) atoms. The van der Waals surface area contributed by atoms with Crippen LogP contribution < -0.4 is 16.7 Å². The van der Waals surface area contributed by atoms with Gasteiger partial charge in [-0.1, -0.05) is 41.0 Å². The zero-order valence-electron chi connectivity index (χ0n) is 14.1. The van der Waals surface area contributed by atoms with Crippen LogP contribution in [0.2, 0.25) is 10.0 Å². The topological polar surface area (TPSA) is 129 Å². The molecule has 0 spiro atoms. The molecule has 0 unspecified atom stereocenters. The summed E-state index contributed by atoms with van der Waals surface area (Å²) in [4.78, 5) is 35.6. The van der Waals surface area contributed by atoms with Gasteiger partial charge in [-0.05, 0) is 19.1 Å².